The first-order chi connectivity index (χ1) is 8.76. The number of nitrogens with one attached hydrogen (secondary N) is 1. The average Bonchev–Trinajstić information content (AvgIpc) is 3.08. The molecule has 0 unspecified atom stereocenters. The SMILES string of the molecule is CC1CCC(CNC2CC2)(CN2CCCC2)CC1. The Balaban J connectivity index is 1.57. The molecule has 104 valence electrons. The van der Waals surface area contributed by atoms with Crippen LogP contribution in [-0.4, -0.2) is 37.1 Å². The van der Waals surface area contributed by atoms with E-state index in [4.69, 9.17) is 0 Å². The first kappa shape index (κ1) is 12.9. The van der Waals surface area contributed by atoms with Crippen LogP contribution in [0.1, 0.15) is 58.3 Å². The molecule has 0 amide bonds. The molecule has 0 bridgehead atoms. The molecule has 18 heavy (non-hydrogen) atoms. The quantitative estimate of drug-likeness (QED) is 0.807. The zero-order valence-corrected chi connectivity index (χ0v) is 12.1. The van der Waals surface area contributed by atoms with Gasteiger partial charge in [0.25, 0.3) is 0 Å². The molecule has 1 heterocycles. The standard InChI is InChI=1S/C16H30N2/c1-14-6-8-16(9-7-14,12-17-15-4-5-15)13-18-10-2-3-11-18/h14-15,17H,2-13H2,1H3. The van der Waals surface area contributed by atoms with Crippen LogP contribution in [0.3, 0.4) is 0 Å². The minimum atomic E-state index is 0.611. The number of hydrogen-bond acceptors (Lipinski definition) is 2. The van der Waals surface area contributed by atoms with E-state index >= 15 is 0 Å². The lowest BCUT2D eigenvalue weighted by atomic mass is 9.70. The molecule has 0 atom stereocenters. The highest BCUT2D eigenvalue weighted by atomic mass is 15.1. The molecule has 0 spiro atoms. The summed E-state index contributed by atoms with van der Waals surface area (Å²) in [7, 11) is 0. The van der Waals surface area contributed by atoms with Gasteiger partial charge in [-0.25, -0.2) is 0 Å². The summed E-state index contributed by atoms with van der Waals surface area (Å²) in [6, 6.07) is 0.875. The van der Waals surface area contributed by atoms with E-state index in [1.165, 1.54) is 77.5 Å². The summed E-state index contributed by atoms with van der Waals surface area (Å²) in [6.07, 6.45) is 11.6. The van der Waals surface area contributed by atoms with Crippen molar-refractivity contribution in [3.05, 3.63) is 0 Å². The van der Waals surface area contributed by atoms with Crippen molar-refractivity contribution in [2.45, 2.75) is 64.3 Å². The van der Waals surface area contributed by atoms with Crippen LogP contribution in [0.15, 0.2) is 0 Å². The molecule has 2 heteroatoms. The van der Waals surface area contributed by atoms with Crippen LogP contribution < -0.4 is 5.32 Å². The van der Waals surface area contributed by atoms with E-state index in [0.29, 0.717) is 5.41 Å². The highest BCUT2D eigenvalue weighted by Crippen LogP contribution is 2.40. The van der Waals surface area contributed by atoms with Gasteiger partial charge in [0.1, 0.15) is 0 Å². The summed E-state index contributed by atoms with van der Waals surface area (Å²) in [5.41, 5.74) is 0.611. The topological polar surface area (TPSA) is 15.3 Å². The summed E-state index contributed by atoms with van der Waals surface area (Å²) >= 11 is 0. The summed E-state index contributed by atoms with van der Waals surface area (Å²) < 4.78 is 0. The van der Waals surface area contributed by atoms with E-state index in [0.717, 1.165) is 12.0 Å². The van der Waals surface area contributed by atoms with Crippen molar-refractivity contribution >= 4 is 0 Å². The predicted octanol–water partition coefficient (Wildman–Crippen LogP) is 3.03. The Morgan fingerprint density at radius 3 is 2.33 bits per heavy atom. The second kappa shape index (κ2) is 5.50. The lowest BCUT2D eigenvalue weighted by Crippen LogP contribution is -2.46. The molecule has 1 N–H and O–H groups in total. The van der Waals surface area contributed by atoms with Crippen LogP contribution in [0.25, 0.3) is 0 Å². The van der Waals surface area contributed by atoms with Gasteiger partial charge < -0.3 is 10.2 Å². The third-order valence-corrected chi connectivity index (χ3v) is 5.44. The summed E-state index contributed by atoms with van der Waals surface area (Å²) in [5, 5.41) is 3.83. The average molecular weight is 250 g/mol. The van der Waals surface area contributed by atoms with Crippen LogP contribution in [-0.2, 0) is 0 Å². The van der Waals surface area contributed by atoms with Gasteiger partial charge in [0.2, 0.25) is 0 Å². The Morgan fingerprint density at radius 2 is 1.72 bits per heavy atom. The molecule has 0 aromatic rings. The van der Waals surface area contributed by atoms with Gasteiger partial charge in [-0.05, 0) is 62.9 Å². The highest BCUT2D eigenvalue weighted by molar-refractivity contribution is 4.93. The highest BCUT2D eigenvalue weighted by Gasteiger charge is 2.37. The number of hydrogen-bond donors (Lipinski definition) is 1. The molecule has 3 rings (SSSR count). The van der Waals surface area contributed by atoms with Crippen molar-refractivity contribution in [2.75, 3.05) is 26.2 Å². The van der Waals surface area contributed by atoms with Crippen molar-refractivity contribution in [3.8, 4) is 0 Å². The molecular weight excluding hydrogens is 220 g/mol. The first-order valence-corrected chi connectivity index (χ1v) is 8.22. The Bertz CT molecular complexity index is 258. The second-order valence-corrected chi connectivity index (χ2v) is 7.32. The minimum absolute atomic E-state index is 0.611. The van der Waals surface area contributed by atoms with Gasteiger partial charge in [0.05, 0.1) is 0 Å². The summed E-state index contributed by atoms with van der Waals surface area (Å²) in [5.74, 6) is 0.970. The van der Waals surface area contributed by atoms with Crippen LogP contribution in [0.5, 0.6) is 0 Å². The molecule has 2 nitrogen and oxygen atoms in total. The Labute approximate surface area is 113 Å². The van der Waals surface area contributed by atoms with Gasteiger partial charge in [-0.2, -0.15) is 0 Å². The normalized spacial score (nSPS) is 38.2. The first-order valence-electron chi connectivity index (χ1n) is 8.22. The van der Waals surface area contributed by atoms with E-state index in [9.17, 15) is 0 Å². The Kier molecular flexibility index (Phi) is 3.95. The van der Waals surface area contributed by atoms with Gasteiger partial charge in [-0.15, -0.1) is 0 Å². The van der Waals surface area contributed by atoms with E-state index in [1.54, 1.807) is 0 Å². The van der Waals surface area contributed by atoms with Gasteiger partial charge >= 0.3 is 0 Å². The lowest BCUT2D eigenvalue weighted by Gasteiger charge is -2.42. The fourth-order valence-corrected chi connectivity index (χ4v) is 3.83. The zero-order valence-electron chi connectivity index (χ0n) is 12.1. The van der Waals surface area contributed by atoms with Crippen molar-refractivity contribution in [1.29, 1.82) is 0 Å². The molecule has 1 aliphatic heterocycles. The molecule has 0 aromatic carbocycles. The fourth-order valence-electron chi connectivity index (χ4n) is 3.83. The van der Waals surface area contributed by atoms with Crippen LogP contribution in [0, 0.1) is 11.3 Å². The van der Waals surface area contributed by atoms with Gasteiger partial charge in [-0.3, -0.25) is 0 Å². The molecular formula is C16H30N2. The van der Waals surface area contributed by atoms with Crippen molar-refractivity contribution < 1.29 is 0 Å². The van der Waals surface area contributed by atoms with E-state index < -0.39 is 0 Å². The Hall–Kier alpha value is -0.0800. The second-order valence-electron chi connectivity index (χ2n) is 7.32. The van der Waals surface area contributed by atoms with E-state index in [1.807, 2.05) is 0 Å². The third-order valence-electron chi connectivity index (χ3n) is 5.44. The number of rotatable bonds is 5. The third kappa shape index (κ3) is 3.27. The molecule has 0 aromatic heterocycles. The van der Waals surface area contributed by atoms with Crippen molar-refractivity contribution in [3.63, 3.8) is 0 Å². The molecule has 3 fully saturated rings. The van der Waals surface area contributed by atoms with E-state index in [-0.39, 0.29) is 0 Å². The molecule has 3 aliphatic rings. The van der Waals surface area contributed by atoms with Gasteiger partial charge in [0.15, 0.2) is 0 Å². The Morgan fingerprint density at radius 1 is 1.06 bits per heavy atom. The lowest BCUT2D eigenvalue weighted by molar-refractivity contribution is 0.0977. The van der Waals surface area contributed by atoms with Crippen LogP contribution in [0.2, 0.25) is 0 Å². The fraction of sp³-hybridized carbons (Fsp3) is 1.00. The maximum absolute atomic E-state index is 3.83. The van der Waals surface area contributed by atoms with Gasteiger partial charge in [-0.1, -0.05) is 19.8 Å². The molecule has 1 saturated heterocycles. The number of likely N-dealkylation sites (tertiary alicyclic amines) is 1. The number of nitrogens with zero attached hydrogens (tertiary/aromatic N) is 1. The minimum Gasteiger partial charge on any atom is -0.313 e. The molecule has 0 radical (unpaired) electrons. The monoisotopic (exact) mass is 250 g/mol. The maximum atomic E-state index is 3.83. The summed E-state index contributed by atoms with van der Waals surface area (Å²) in [4.78, 5) is 2.74. The van der Waals surface area contributed by atoms with Crippen molar-refractivity contribution in [2.24, 2.45) is 11.3 Å². The van der Waals surface area contributed by atoms with E-state index in [2.05, 4.69) is 17.1 Å². The van der Waals surface area contributed by atoms with Crippen molar-refractivity contribution in [1.82, 2.24) is 10.2 Å². The maximum Gasteiger partial charge on any atom is 0.00684 e. The summed E-state index contributed by atoms with van der Waals surface area (Å²) in [6.45, 7) is 7.83. The van der Waals surface area contributed by atoms with Crippen LogP contribution in [0.4, 0.5) is 0 Å². The molecule has 2 aliphatic carbocycles. The smallest absolute Gasteiger partial charge is 0.00684 e. The molecule has 2 saturated carbocycles. The van der Waals surface area contributed by atoms with Crippen LogP contribution >= 0.6 is 0 Å². The zero-order chi connectivity index (χ0) is 12.4. The van der Waals surface area contributed by atoms with Gasteiger partial charge in [0, 0.05) is 19.1 Å². The predicted molar refractivity (Wildman–Crippen MR) is 76.8 cm³/mol. The largest absolute Gasteiger partial charge is 0.313 e.